The van der Waals surface area contributed by atoms with Crippen molar-refractivity contribution >= 4 is 17.2 Å². The van der Waals surface area contributed by atoms with E-state index in [-0.39, 0.29) is 5.91 Å². The van der Waals surface area contributed by atoms with Gasteiger partial charge < -0.3 is 10.1 Å². The van der Waals surface area contributed by atoms with Crippen molar-refractivity contribution < 1.29 is 9.53 Å². The summed E-state index contributed by atoms with van der Waals surface area (Å²) in [6, 6.07) is 1.75. The predicted octanol–water partition coefficient (Wildman–Crippen LogP) is 0.343. The van der Waals surface area contributed by atoms with Gasteiger partial charge in [-0.1, -0.05) is 6.58 Å². The lowest BCUT2D eigenvalue weighted by Crippen LogP contribution is -2.46. The number of nitrogens with zero attached hydrogens (tertiary/aromatic N) is 3. The minimum atomic E-state index is -0.674. The molecule has 1 unspecified atom stereocenters. The van der Waals surface area contributed by atoms with Crippen LogP contribution in [0.5, 0.6) is 0 Å². The SMILES string of the molecule is C=C1COC(C2=NCC(c3ncccn3)=C2)C(=O)N1. The molecule has 3 heterocycles. The highest BCUT2D eigenvalue weighted by Gasteiger charge is 2.30. The summed E-state index contributed by atoms with van der Waals surface area (Å²) < 4.78 is 5.44. The third-order valence-corrected chi connectivity index (χ3v) is 2.84. The molecule has 1 saturated heterocycles. The number of morpholine rings is 1. The first-order valence-corrected chi connectivity index (χ1v) is 5.86. The van der Waals surface area contributed by atoms with Gasteiger partial charge in [-0.15, -0.1) is 0 Å². The zero-order chi connectivity index (χ0) is 13.2. The standard InChI is InChI=1S/C13H12N4O2/c1-8-7-19-11(13(18)17-8)10-5-9(6-16-10)12-14-3-2-4-15-12/h2-5,11H,1,6-7H2,(H,17,18). The van der Waals surface area contributed by atoms with Gasteiger partial charge in [0.05, 0.1) is 18.9 Å². The van der Waals surface area contributed by atoms with E-state index >= 15 is 0 Å². The topological polar surface area (TPSA) is 76.5 Å². The molecule has 96 valence electrons. The molecule has 1 N–H and O–H groups in total. The van der Waals surface area contributed by atoms with Crippen molar-refractivity contribution in [1.29, 1.82) is 0 Å². The summed E-state index contributed by atoms with van der Waals surface area (Å²) in [6.45, 7) is 4.43. The van der Waals surface area contributed by atoms with Crippen LogP contribution in [0.15, 0.2) is 41.8 Å². The maximum atomic E-state index is 11.8. The van der Waals surface area contributed by atoms with Gasteiger partial charge in [0.25, 0.3) is 5.91 Å². The first-order chi connectivity index (χ1) is 9.24. The van der Waals surface area contributed by atoms with Gasteiger partial charge in [0, 0.05) is 23.7 Å². The molecule has 1 fully saturated rings. The summed E-state index contributed by atoms with van der Waals surface area (Å²) in [7, 11) is 0. The molecule has 0 saturated carbocycles. The minimum absolute atomic E-state index is 0.235. The van der Waals surface area contributed by atoms with Gasteiger partial charge in [-0.2, -0.15) is 0 Å². The Morgan fingerprint density at radius 3 is 2.89 bits per heavy atom. The monoisotopic (exact) mass is 256 g/mol. The molecule has 2 aliphatic rings. The number of carbonyl (C=O) groups excluding carboxylic acids is 1. The van der Waals surface area contributed by atoms with Crippen LogP contribution in [0.4, 0.5) is 0 Å². The third-order valence-electron chi connectivity index (χ3n) is 2.84. The van der Waals surface area contributed by atoms with Crippen molar-refractivity contribution in [3.05, 3.63) is 42.6 Å². The maximum absolute atomic E-state index is 11.8. The number of nitrogens with one attached hydrogen (secondary N) is 1. The molecule has 1 atom stereocenters. The van der Waals surface area contributed by atoms with E-state index in [1.807, 2.05) is 6.08 Å². The van der Waals surface area contributed by atoms with Gasteiger partial charge in [0.1, 0.15) is 0 Å². The fourth-order valence-corrected chi connectivity index (χ4v) is 1.96. The molecule has 0 aliphatic carbocycles. The fraction of sp³-hybridized carbons (Fsp3) is 0.231. The second-order valence-electron chi connectivity index (χ2n) is 4.27. The average molecular weight is 256 g/mol. The third kappa shape index (κ3) is 2.30. The Hall–Kier alpha value is -2.34. The van der Waals surface area contributed by atoms with E-state index in [0.717, 1.165) is 5.57 Å². The number of hydrogen-bond acceptors (Lipinski definition) is 5. The van der Waals surface area contributed by atoms with Gasteiger partial charge in [-0.25, -0.2) is 9.97 Å². The number of ether oxygens (including phenoxy) is 1. The van der Waals surface area contributed by atoms with Crippen molar-refractivity contribution in [3.63, 3.8) is 0 Å². The normalized spacial score (nSPS) is 22.8. The first kappa shape index (κ1) is 11.7. The van der Waals surface area contributed by atoms with E-state index < -0.39 is 6.10 Å². The lowest BCUT2D eigenvalue weighted by Gasteiger charge is -2.23. The van der Waals surface area contributed by atoms with Crippen LogP contribution in [0.1, 0.15) is 5.82 Å². The molecule has 19 heavy (non-hydrogen) atoms. The summed E-state index contributed by atoms with van der Waals surface area (Å²) in [5, 5.41) is 2.66. The summed E-state index contributed by atoms with van der Waals surface area (Å²) >= 11 is 0. The molecular formula is C13H12N4O2. The number of hydrogen-bond donors (Lipinski definition) is 1. The summed E-state index contributed by atoms with van der Waals surface area (Å²) in [4.78, 5) is 24.4. The Kier molecular flexibility index (Phi) is 2.92. The van der Waals surface area contributed by atoms with Gasteiger partial charge in [-0.05, 0) is 12.1 Å². The Balaban J connectivity index is 1.79. The zero-order valence-electron chi connectivity index (χ0n) is 10.2. The van der Waals surface area contributed by atoms with Crippen LogP contribution >= 0.6 is 0 Å². The number of aromatic nitrogens is 2. The summed E-state index contributed by atoms with van der Waals surface area (Å²) in [5.74, 6) is 0.392. The van der Waals surface area contributed by atoms with Crippen LogP contribution in [0.3, 0.4) is 0 Å². The highest BCUT2D eigenvalue weighted by Crippen LogP contribution is 2.18. The first-order valence-electron chi connectivity index (χ1n) is 5.86. The molecule has 0 bridgehead atoms. The zero-order valence-corrected chi connectivity index (χ0v) is 10.2. The van der Waals surface area contributed by atoms with Crippen molar-refractivity contribution in [2.75, 3.05) is 13.2 Å². The molecule has 2 aliphatic heterocycles. The maximum Gasteiger partial charge on any atom is 0.259 e. The molecule has 0 radical (unpaired) electrons. The smallest absolute Gasteiger partial charge is 0.259 e. The predicted molar refractivity (Wildman–Crippen MR) is 69.3 cm³/mol. The Labute approximate surface area is 109 Å². The van der Waals surface area contributed by atoms with E-state index in [1.54, 1.807) is 18.5 Å². The molecule has 0 spiro atoms. The Morgan fingerprint density at radius 2 is 2.16 bits per heavy atom. The summed E-state index contributed by atoms with van der Waals surface area (Å²) in [6.07, 6.45) is 4.49. The van der Waals surface area contributed by atoms with Crippen molar-refractivity contribution in [2.24, 2.45) is 4.99 Å². The van der Waals surface area contributed by atoms with Crippen LogP contribution < -0.4 is 5.32 Å². The lowest BCUT2D eigenvalue weighted by molar-refractivity contribution is -0.130. The highest BCUT2D eigenvalue weighted by molar-refractivity contribution is 6.17. The van der Waals surface area contributed by atoms with Gasteiger partial charge in [0.2, 0.25) is 0 Å². The average Bonchev–Trinajstić information content (AvgIpc) is 2.89. The fourth-order valence-electron chi connectivity index (χ4n) is 1.96. The van der Waals surface area contributed by atoms with Gasteiger partial charge >= 0.3 is 0 Å². The van der Waals surface area contributed by atoms with Crippen molar-refractivity contribution in [2.45, 2.75) is 6.10 Å². The quantitative estimate of drug-likeness (QED) is 0.828. The Bertz CT molecular complexity index is 592. The molecule has 0 aromatic carbocycles. The van der Waals surface area contributed by atoms with E-state index in [2.05, 4.69) is 26.9 Å². The number of amides is 1. The van der Waals surface area contributed by atoms with E-state index in [0.29, 0.717) is 30.4 Å². The van der Waals surface area contributed by atoms with Crippen molar-refractivity contribution in [3.8, 4) is 0 Å². The van der Waals surface area contributed by atoms with E-state index in [4.69, 9.17) is 4.74 Å². The van der Waals surface area contributed by atoms with E-state index in [9.17, 15) is 4.79 Å². The molecule has 1 aromatic rings. The van der Waals surface area contributed by atoms with Crippen LogP contribution in [-0.2, 0) is 9.53 Å². The van der Waals surface area contributed by atoms with Gasteiger partial charge in [-0.3, -0.25) is 9.79 Å². The van der Waals surface area contributed by atoms with Crippen molar-refractivity contribution in [1.82, 2.24) is 15.3 Å². The van der Waals surface area contributed by atoms with Crippen LogP contribution in [0.25, 0.3) is 5.57 Å². The highest BCUT2D eigenvalue weighted by atomic mass is 16.5. The van der Waals surface area contributed by atoms with Gasteiger partial charge in [0.15, 0.2) is 11.9 Å². The molecule has 6 heteroatoms. The minimum Gasteiger partial charge on any atom is -0.356 e. The molecule has 1 aromatic heterocycles. The number of aliphatic imine (C=N–C) groups is 1. The lowest BCUT2D eigenvalue weighted by atomic mass is 10.1. The largest absolute Gasteiger partial charge is 0.356 e. The number of carbonyl (C=O) groups is 1. The van der Waals surface area contributed by atoms with E-state index in [1.165, 1.54) is 0 Å². The molecule has 1 amide bonds. The molecular weight excluding hydrogens is 244 g/mol. The molecule has 6 nitrogen and oxygen atoms in total. The number of rotatable bonds is 2. The summed E-state index contributed by atoms with van der Waals surface area (Å²) in [5.41, 5.74) is 2.05. The second kappa shape index (κ2) is 4.74. The van der Waals surface area contributed by atoms with Crippen LogP contribution in [0.2, 0.25) is 0 Å². The molecule has 3 rings (SSSR count). The van der Waals surface area contributed by atoms with Crippen LogP contribution in [0, 0.1) is 0 Å². The van der Waals surface area contributed by atoms with Crippen LogP contribution in [-0.4, -0.2) is 40.8 Å². The Morgan fingerprint density at radius 1 is 1.37 bits per heavy atom. The second-order valence-corrected chi connectivity index (χ2v) is 4.27.